The summed E-state index contributed by atoms with van der Waals surface area (Å²) in [4.78, 5) is 15.5. The smallest absolute Gasteiger partial charge is 0.259 e. The molecule has 1 atom stereocenters. The molecule has 0 aliphatic heterocycles. The van der Waals surface area contributed by atoms with E-state index in [9.17, 15) is 4.79 Å². The number of rotatable bonds is 6. The van der Waals surface area contributed by atoms with Gasteiger partial charge in [0.05, 0.1) is 6.42 Å². The van der Waals surface area contributed by atoms with Crippen LogP contribution in [0.2, 0.25) is 0 Å². The third-order valence-electron chi connectivity index (χ3n) is 2.52. The molecule has 0 N–H and O–H groups in total. The van der Waals surface area contributed by atoms with Crippen LogP contribution in [0, 0.1) is 6.57 Å². The third kappa shape index (κ3) is 4.01. The number of hydrogen-bond donors (Lipinski definition) is 0. The van der Waals surface area contributed by atoms with Crippen molar-refractivity contribution >= 4 is 5.78 Å². The van der Waals surface area contributed by atoms with Gasteiger partial charge in [0.2, 0.25) is 0 Å². The summed E-state index contributed by atoms with van der Waals surface area (Å²) in [5.41, 5.74) is -0.109. The molecule has 1 aromatic rings. The van der Waals surface area contributed by atoms with Crippen LogP contribution in [0.25, 0.3) is 4.85 Å². The summed E-state index contributed by atoms with van der Waals surface area (Å²) < 4.78 is 5.26. The lowest BCUT2D eigenvalue weighted by Crippen LogP contribution is -2.30. The topological polar surface area (TPSA) is 30.7 Å². The summed E-state index contributed by atoms with van der Waals surface area (Å²) in [6.45, 7) is 11.7. The highest BCUT2D eigenvalue weighted by Gasteiger charge is 2.34. The number of carbonyl (C=O) groups excluding carboxylic acids is 1. The monoisotopic (exact) mass is 231 g/mol. The number of Topliss-reactive ketones (excluding diaryl/α,β-unsaturated/α-hetero) is 1. The number of ketones is 1. The summed E-state index contributed by atoms with van der Waals surface area (Å²) in [6.07, 6.45) is 0.195. The molecule has 0 saturated heterocycles. The lowest BCUT2D eigenvalue weighted by atomic mass is 9.94. The Morgan fingerprint density at radius 2 is 2.06 bits per heavy atom. The van der Waals surface area contributed by atoms with Crippen molar-refractivity contribution in [3.8, 4) is 0 Å². The second-order valence-corrected chi connectivity index (χ2v) is 4.21. The van der Waals surface area contributed by atoms with Gasteiger partial charge < -0.3 is 9.58 Å². The molecule has 0 heterocycles. The van der Waals surface area contributed by atoms with Crippen molar-refractivity contribution in [2.45, 2.75) is 25.8 Å². The fraction of sp³-hybridized carbons (Fsp3) is 0.429. The van der Waals surface area contributed by atoms with Gasteiger partial charge in [-0.2, -0.15) is 0 Å². The molecule has 90 valence electrons. The van der Waals surface area contributed by atoms with Crippen molar-refractivity contribution < 1.29 is 9.53 Å². The molecule has 0 saturated carbocycles. The van der Waals surface area contributed by atoms with Crippen LogP contribution in [0.15, 0.2) is 30.3 Å². The molecule has 0 aliphatic carbocycles. The van der Waals surface area contributed by atoms with Gasteiger partial charge in [0.15, 0.2) is 5.78 Å². The minimum absolute atomic E-state index is 0.0104. The van der Waals surface area contributed by atoms with E-state index in [4.69, 9.17) is 11.3 Å². The first-order valence-corrected chi connectivity index (χ1v) is 5.66. The highest BCUT2D eigenvalue weighted by atomic mass is 16.5. The van der Waals surface area contributed by atoms with E-state index >= 15 is 0 Å². The maximum absolute atomic E-state index is 12.0. The Kier molecular flexibility index (Phi) is 4.86. The zero-order valence-electron chi connectivity index (χ0n) is 10.3. The van der Waals surface area contributed by atoms with E-state index in [0.717, 1.165) is 0 Å². The van der Waals surface area contributed by atoms with Crippen molar-refractivity contribution in [1.82, 2.24) is 0 Å². The Morgan fingerprint density at radius 1 is 1.41 bits per heavy atom. The van der Waals surface area contributed by atoms with Gasteiger partial charge in [-0.15, -0.1) is 0 Å². The summed E-state index contributed by atoms with van der Waals surface area (Å²) in [5.74, 6) is -0.0104. The molecule has 0 bridgehead atoms. The lowest BCUT2D eigenvalue weighted by molar-refractivity contribution is 0.0860. The standard InChI is InChI=1S/C14H17NO2/c1-4-17-11-14(2,15-3)10-13(16)12-8-6-5-7-9-12/h5-9H,4,10-11H2,1-2H3. The quantitative estimate of drug-likeness (QED) is 0.556. The minimum Gasteiger partial charge on any atom is -0.373 e. The molecular formula is C14H17NO2. The van der Waals surface area contributed by atoms with E-state index in [1.807, 2.05) is 25.1 Å². The Hall–Kier alpha value is -1.66. The number of nitrogens with zero attached hydrogens (tertiary/aromatic N) is 1. The largest absolute Gasteiger partial charge is 0.373 e. The van der Waals surface area contributed by atoms with Gasteiger partial charge in [0, 0.05) is 19.1 Å². The molecule has 3 nitrogen and oxygen atoms in total. The first kappa shape index (κ1) is 13.4. The molecule has 0 spiro atoms. The fourth-order valence-corrected chi connectivity index (χ4v) is 1.52. The Balaban J connectivity index is 2.70. The molecular weight excluding hydrogens is 214 g/mol. The Labute approximate surface area is 102 Å². The van der Waals surface area contributed by atoms with Crippen molar-refractivity contribution in [3.63, 3.8) is 0 Å². The predicted molar refractivity (Wildman–Crippen MR) is 66.9 cm³/mol. The van der Waals surface area contributed by atoms with E-state index in [0.29, 0.717) is 18.8 Å². The van der Waals surface area contributed by atoms with Crippen LogP contribution in [0.1, 0.15) is 30.6 Å². The first-order valence-electron chi connectivity index (χ1n) is 5.66. The van der Waals surface area contributed by atoms with Crippen molar-refractivity contribution in [1.29, 1.82) is 0 Å². The normalized spacial score (nSPS) is 13.7. The first-order chi connectivity index (χ1) is 8.11. The van der Waals surface area contributed by atoms with E-state index in [2.05, 4.69) is 4.85 Å². The summed E-state index contributed by atoms with van der Waals surface area (Å²) in [7, 11) is 0. The lowest BCUT2D eigenvalue weighted by Gasteiger charge is -2.16. The SMILES string of the molecule is [C-]#[N+]C(C)(COCC)CC(=O)c1ccccc1. The van der Waals surface area contributed by atoms with Gasteiger partial charge in [0.1, 0.15) is 6.61 Å². The molecule has 0 radical (unpaired) electrons. The van der Waals surface area contributed by atoms with Crippen LogP contribution in [0.4, 0.5) is 0 Å². The van der Waals surface area contributed by atoms with Gasteiger partial charge in [-0.1, -0.05) is 30.3 Å². The number of ether oxygens (including phenoxy) is 1. The molecule has 1 rings (SSSR count). The maximum Gasteiger partial charge on any atom is 0.259 e. The number of hydrogen-bond acceptors (Lipinski definition) is 2. The second-order valence-electron chi connectivity index (χ2n) is 4.21. The molecule has 3 heteroatoms. The highest BCUT2D eigenvalue weighted by molar-refractivity contribution is 5.96. The van der Waals surface area contributed by atoms with Gasteiger partial charge in [-0.25, -0.2) is 6.57 Å². The predicted octanol–water partition coefficient (Wildman–Crippen LogP) is 2.97. The molecule has 0 aromatic heterocycles. The molecule has 0 fully saturated rings. The number of carbonyl (C=O) groups is 1. The van der Waals surface area contributed by atoms with Crippen molar-refractivity contribution in [2.24, 2.45) is 0 Å². The van der Waals surface area contributed by atoms with Crippen molar-refractivity contribution in [3.05, 3.63) is 47.3 Å². The average Bonchev–Trinajstić information content (AvgIpc) is 2.37. The van der Waals surface area contributed by atoms with Gasteiger partial charge in [-0.05, 0) is 6.92 Å². The Morgan fingerprint density at radius 3 is 2.59 bits per heavy atom. The maximum atomic E-state index is 12.0. The molecule has 1 aromatic carbocycles. The van der Waals surface area contributed by atoms with E-state index in [1.165, 1.54) is 0 Å². The molecule has 17 heavy (non-hydrogen) atoms. The second kappa shape index (κ2) is 6.17. The van der Waals surface area contributed by atoms with Gasteiger partial charge in [0.25, 0.3) is 5.54 Å². The minimum atomic E-state index is -0.761. The molecule has 1 unspecified atom stereocenters. The fourth-order valence-electron chi connectivity index (χ4n) is 1.52. The molecule has 0 aliphatic rings. The highest BCUT2D eigenvalue weighted by Crippen LogP contribution is 2.19. The van der Waals surface area contributed by atoms with Crippen LogP contribution in [-0.2, 0) is 4.74 Å². The average molecular weight is 231 g/mol. The van der Waals surface area contributed by atoms with Crippen LogP contribution < -0.4 is 0 Å². The van der Waals surface area contributed by atoms with Crippen molar-refractivity contribution in [2.75, 3.05) is 13.2 Å². The zero-order chi connectivity index (χ0) is 12.7. The Bertz CT molecular complexity index is 408. The van der Waals surface area contributed by atoms with Crippen LogP contribution in [0.5, 0.6) is 0 Å². The summed E-state index contributed by atoms with van der Waals surface area (Å²) in [5, 5.41) is 0. The van der Waals surface area contributed by atoms with Crippen LogP contribution >= 0.6 is 0 Å². The third-order valence-corrected chi connectivity index (χ3v) is 2.52. The molecule has 0 amide bonds. The van der Waals surface area contributed by atoms with Gasteiger partial charge in [-0.3, -0.25) is 4.79 Å². The van der Waals surface area contributed by atoms with Crippen LogP contribution in [-0.4, -0.2) is 24.5 Å². The van der Waals surface area contributed by atoms with E-state index in [-0.39, 0.29) is 12.2 Å². The van der Waals surface area contributed by atoms with E-state index < -0.39 is 5.54 Å². The number of benzene rings is 1. The van der Waals surface area contributed by atoms with Crippen LogP contribution in [0.3, 0.4) is 0 Å². The van der Waals surface area contributed by atoms with E-state index in [1.54, 1.807) is 19.1 Å². The summed E-state index contributed by atoms with van der Waals surface area (Å²) in [6, 6.07) is 9.06. The summed E-state index contributed by atoms with van der Waals surface area (Å²) >= 11 is 0. The van der Waals surface area contributed by atoms with Gasteiger partial charge >= 0.3 is 0 Å². The zero-order valence-corrected chi connectivity index (χ0v) is 10.3.